The SMILES string of the molecule is COC1CCCC1NC(=O)CCCc1ccccc1. The third-order valence-electron chi connectivity index (χ3n) is 3.81. The molecule has 1 aromatic rings. The first-order valence-corrected chi connectivity index (χ1v) is 7.15. The first-order chi connectivity index (χ1) is 9.29. The fraction of sp³-hybridized carbons (Fsp3) is 0.562. The molecule has 3 nitrogen and oxygen atoms in total. The van der Waals surface area contributed by atoms with Gasteiger partial charge in [0.1, 0.15) is 0 Å². The quantitative estimate of drug-likeness (QED) is 0.855. The Morgan fingerprint density at radius 2 is 2.11 bits per heavy atom. The molecule has 1 saturated carbocycles. The number of ether oxygens (including phenoxy) is 1. The summed E-state index contributed by atoms with van der Waals surface area (Å²) in [6.45, 7) is 0. The number of amides is 1. The molecule has 1 fully saturated rings. The number of hydrogen-bond donors (Lipinski definition) is 1. The predicted molar refractivity (Wildman–Crippen MR) is 76.0 cm³/mol. The molecule has 0 saturated heterocycles. The molecule has 0 aliphatic heterocycles. The van der Waals surface area contributed by atoms with Gasteiger partial charge in [-0.15, -0.1) is 0 Å². The fourth-order valence-electron chi connectivity index (χ4n) is 2.75. The van der Waals surface area contributed by atoms with Crippen molar-refractivity contribution in [2.45, 2.75) is 50.7 Å². The lowest BCUT2D eigenvalue weighted by molar-refractivity contribution is -0.122. The van der Waals surface area contributed by atoms with Crippen LogP contribution in [-0.2, 0) is 16.0 Å². The molecule has 2 atom stereocenters. The highest BCUT2D eigenvalue weighted by molar-refractivity contribution is 5.76. The van der Waals surface area contributed by atoms with Crippen molar-refractivity contribution in [3.63, 3.8) is 0 Å². The molecule has 3 heteroatoms. The van der Waals surface area contributed by atoms with Gasteiger partial charge in [0.05, 0.1) is 12.1 Å². The van der Waals surface area contributed by atoms with Gasteiger partial charge in [-0.25, -0.2) is 0 Å². The van der Waals surface area contributed by atoms with Crippen LogP contribution in [0.25, 0.3) is 0 Å². The second-order valence-corrected chi connectivity index (χ2v) is 5.22. The summed E-state index contributed by atoms with van der Waals surface area (Å²) < 4.78 is 5.38. The van der Waals surface area contributed by atoms with E-state index in [1.54, 1.807) is 7.11 Å². The van der Waals surface area contributed by atoms with Gasteiger partial charge in [-0.1, -0.05) is 30.3 Å². The number of carbonyl (C=O) groups excluding carboxylic acids is 1. The van der Waals surface area contributed by atoms with Crippen LogP contribution in [0, 0.1) is 0 Å². The Morgan fingerprint density at radius 1 is 1.32 bits per heavy atom. The van der Waals surface area contributed by atoms with E-state index in [4.69, 9.17) is 4.74 Å². The van der Waals surface area contributed by atoms with Crippen LogP contribution in [-0.4, -0.2) is 25.2 Å². The summed E-state index contributed by atoms with van der Waals surface area (Å²) in [5.41, 5.74) is 1.30. The number of methoxy groups -OCH3 is 1. The van der Waals surface area contributed by atoms with E-state index in [0.29, 0.717) is 6.42 Å². The van der Waals surface area contributed by atoms with Crippen molar-refractivity contribution in [3.05, 3.63) is 35.9 Å². The van der Waals surface area contributed by atoms with E-state index in [-0.39, 0.29) is 18.1 Å². The van der Waals surface area contributed by atoms with Crippen molar-refractivity contribution in [3.8, 4) is 0 Å². The van der Waals surface area contributed by atoms with E-state index in [2.05, 4.69) is 17.4 Å². The van der Waals surface area contributed by atoms with Crippen molar-refractivity contribution in [1.82, 2.24) is 5.32 Å². The van der Waals surface area contributed by atoms with Crippen molar-refractivity contribution in [2.75, 3.05) is 7.11 Å². The highest BCUT2D eigenvalue weighted by Crippen LogP contribution is 2.21. The minimum Gasteiger partial charge on any atom is -0.379 e. The molecule has 2 unspecified atom stereocenters. The van der Waals surface area contributed by atoms with Crippen LogP contribution in [0.15, 0.2) is 30.3 Å². The highest BCUT2D eigenvalue weighted by atomic mass is 16.5. The summed E-state index contributed by atoms with van der Waals surface area (Å²) in [6, 6.07) is 10.5. The molecule has 19 heavy (non-hydrogen) atoms. The van der Waals surface area contributed by atoms with E-state index < -0.39 is 0 Å². The second-order valence-electron chi connectivity index (χ2n) is 5.22. The van der Waals surface area contributed by atoms with E-state index >= 15 is 0 Å². The van der Waals surface area contributed by atoms with Gasteiger partial charge < -0.3 is 10.1 Å². The monoisotopic (exact) mass is 261 g/mol. The van der Waals surface area contributed by atoms with Gasteiger partial charge in [-0.2, -0.15) is 0 Å². The van der Waals surface area contributed by atoms with Gasteiger partial charge in [0.15, 0.2) is 0 Å². The van der Waals surface area contributed by atoms with Crippen molar-refractivity contribution in [1.29, 1.82) is 0 Å². The third-order valence-corrected chi connectivity index (χ3v) is 3.81. The average molecular weight is 261 g/mol. The van der Waals surface area contributed by atoms with Gasteiger partial charge in [-0.05, 0) is 37.7 Å². The van der Waals surface area contributed by atoms with Crippen LogP contribution >= 0.6 is 0 Å². The molecule has 0 bridgehead atoms. The Morgan fingerprint density at radius 3 is 2.84 bits per heavy atom. The van der Waals surface area contributed by atoms with Gasteiger partial charge in [0, 0.05) is 13.5 Å². The number of benzene rings is 1. The van der Waals surface area contributed by atoms with Gasteiger partial charge in [0.2, 0.25) is 5.91 Å². The Balaban J connectivity index is 1.67. The Bertz CT molecular complexity index is 391. The maximum atomic E-state index is 11.9. The number of hydrogen-bond acceptors (Lipinski definition) is 2. The molecule has 1 aromatic carbocycles. The standard InChI is InChI=1S/C16H23NO2/c1-19-15-11-6-10-14(15)17-16(18)12-5-9-13-7-3-2-4-8-13/h2-4,7-8,14-15H,5-6,9-12H2,1H3,(H,17,18). The Labute approximate surface area is 115 Å². The van der Waals surface area contributed by atoms with Gasteiger partial charge in [-0.3, -0.25) is 4.79 Å². The van der Waals surface area contributed by atoms with Crippen LogP contribution in [0.3, 0.4) is 0 Å². The zero-order valence-corrected chi connectivity index (χ0v) is 11.6. The number of rotatable bonds is 6. The topological polar surface area (TPSA) is 38.3 Å². The minimum atomic E-state index is 0.157. The summed E-state index contributed by atoms with van der Waals surface area (Å²) in [4.78, 5) is 11.9. The highest BCUT2D eigenvalue weighted by Gasteiger charge is 2.27. The summed E-state index contributed by atoms with van der Waals surface area (Å²) >= 11 is 0. The molecule has 104 valence electrons. The van der Waals surface area contributed by atoms with Crippen LogP contribution in [0.5, 0.6) is 0 Å². The molecule has 0 heterocycles. The normalized spacial score (nSPS) is 22.4. The Hall–Kier alpha value is -1.35. The zero-order chi connectivity index (χ0) is 13.5. The lowest BCUT2D eigenvalue weighted by atomic mass is 10.1. The number of aryl methyl sites for hydroxylation is 1. The van der Waals surface area contributed by atoms with Crippen LogP contribution in [0.1, 0.15) is 37.7 Å². The van der Waals surface area contributed by atoms with Crippen molar-refractivity contribution >= 4 is 5.91 Å². The maximum absolute atomic E-state index is 11.9. The van der Waals surface area contributed by atoms with Crippen LogP contribution in [0.2, 0.25) is 0 Å². The first kappa shape index (κ1) is 14.1. The zero-order valence-electron chi connectivity index (χ0n) is 11.6. The molecule has 1 aliphatic carbocycles. The van der Waals surface area contributed by atoms with Crippen LogP contribution in [0.4, 0.5) is 0 Å². The van der Waals surface area contributed by atoms with Gasteiger partial charge in [0.25, 0.3) is 0 Å². The average Bonchev–Trinajstić information content (AvgIpc) is 2.87. The molecule has 1 amide bonds. The number of carbonyl (C=O) groups is 1. The molecule has 0 spiro atoms. The van der Waals surface area contributed by atoms with E-state index in [1.807, 2.05) is 18.2 Å². The first-order valence-electron chi connectivity index (χ1n) is 7.15. The predicted octanol–water partition coefficient (Wildman–Crippen LogP) is 2.69. The van der Waals surface area contributed by atoms with Crippen LogP contribution < -0.4 is 5.32 Å². The summed E-state index contributed by atoms with van der Waals surface area (Å²) in [7, 11) is 1.73. The molecular formula is C16H23NO2. The minimum absolute atomic E-state index is 0.157. The molecule has 0 radical (unpaired) electrons. The molecule has 2 rings (SSSR count). The Kier molecular flexibility index (Phi) is 5.40. The summed E-state index contributed by atoms with van der Waals surface area (Å²) in [6.07, 6.45) is 5.93. The third kappa shape index (κ3) is 4.35. The van der Waals surface area contributed by atoms with Crippen molar-refractivity contribution in [2.24, 2.45) is 0 Å². The van der Waals surface area contributed by atoms with E-state index in [0.717, 1.165) is 32.1 Å². The lowest BCUT2D eigenvalue weighted by Crippen LogP contribution is -2.40. The van der Waals surface area contributed by atoms with E-state index in [9.17, 15) is 4.79 Å². The van der Waals surface area contributed by atoms with Gasteiger partial charge >= 0.3 is 0 Å². The molecule has 0 aromatic heterocycles. The van der Waals surface area contributed by atoms with Crippen molar-refractivity contribution < 1.29 is 9.53 Å². The largest absolute Gasteiger partial charge is 0.379 e. The fourth-order valence-corrected chi connectivity index (χ4v) is 2.75. The number of nitrogens with one attached hydrogen (secondary N) is 1. The van der Waals surface area contributed by atoms with E-state index in [1.165, 1.54) is 5.56 Å². The molecule has 1 aliphatic rings. The molecular weight excluding hydrogens is 238 g/mol. The second kappa shape index (κ2) is 7.29. The summed E-state index contributed by atoms with van der Waals surface area (Å²) in [5.74, 6) is 0.157. The smallest absolute Gasteiger partial charge is 0.220 e. The maximum Gasteiger partial charge on any atom is 0.220 e. The summed E-state index contributed by atoms with van der Waals surface area (Å²) in [5, 5.41) is 3.10. The lowest BCUT2D eigenvalue weighted by Gasteiger charge is -2.19. The molecule has 1 N–H and O–H groups in total.